The van der Waals surface area contributed by atoms with E-state index in [1.54, 1.807) is 10.8 Å². The maximum atomic E-state index is 11.4. The van der Waals surface area contributed by atoms with Gasteiger partial charge in [-0.1, -0.05) is 0 Å². The first-order valence-electron chi connectivity index (χ1n) is 5.02. The van der Waals surface area contributed by atoms with Crippen LogP contribution in [0.4, 0.5) is 0 Å². The Balaban J connectivity index is 2.15. The molecular weight excluding hydrogens is 178 g/mol. The van der Waals surface area contributed by atoms with Crippen molar-refractivity contribution >= 4 is 0 Å². The maximum absolute atomic E-state index is 11.4. The van der Waals surface area contributed by atoms with Gasteiger partial charge in [-0.05, 0) is 31.9 Å². The molecule has 4 nitrogen and oxygen atoms in total. The number of hydrogen-bond donors (Lipinski definition) is 1. The molecule has 4 heteroatoms. The molecule has 2 rings (SSSR count). The summed E-state index contributed by atoms with van der Waals surface area (Å²) in [5.41, 5.74) is 0.881. The molecule has 0 amide bonds. The molecule has 1 aromatic heterocycles. The van der Waals surface area contributed by atoms with Crippen LogP contribution in [0.15, 0.2) is 17.2 Å². The number of hydrogen-bond acceptors (Lipinski definition) is 3. The second kappa shape index (κ2) is 3.92. The van der Waals surface area contributed by atoms with Gasteiger partial charge in [0.1, 0.15) is 0 Å². The molecule has 0 aromatic carbocycles. The predicted octanol–water partition coefficient (Wildman–Crippen LogP) is 0.304. The lowest BCUT2D eigenvalue weighted by atomic mass is 10.2. The lowest BCUT2D eigenvalue weighted by Gasteiger charge is -2.11. The van der Waals surface area contributed by atoms with E-state index in [-0.39, 0.29) is 5.69 Å². The molecule has 1 aliphatic rings. The Labute approximate surface area is 83.0 Å². The van der Waals surface area contributed by atoms with Crippen molar-refractivity contribution in [1.29, 1.82) is 0 Å². The van der Waals surface area contributed by atoms with Crippen molar-refractivity contribution < 1.29 is 0 Å². The Bertz CT molecular complexity index is 366. The summed E-state index contributed by atoms with van der Waals surface area (Å²) in [6.07, 6.45) is 5.84. The van der Waals surface area contributed by atoms with Crippen LogP contribution in [-0.4, -0.2) is 22.1 Å². The minimum atomic E-state index is -0.149. The van der Waals surface area contributed by atoms with E-state index in [9.17, 15) is 4.79 Å². The third-order valence-corrected chi connectivity index (χ3v) is 2.56. The molecule has 76 valence electrons. The van der Waals surface area contributed by atoms with Crippen molar-refractivity contribution in [3.05, 3.63) is 28.4 Å². The van der Waals surface area contributed by atoms with E-state index in [1.807, 2.05) is 13.1 Å². The highest BCUT2D eigenvalue weighted by molar-refractivity contribution is 5.00. The minimum absolute atomic E-state index is 0.149. The van der Waals surface area contributed by atoms with Crippen molar-refractivity contribution in [2.45, 2.75) is 32.4 Å². The van der Waals surface area contributed by atoms with E-state index in [0.717, 1.165) is 25.1 Å². The van der Waals surface area contributed by atoms with E-state index in [1.165, 1.54) is 6.42 Å². The van der Waals surface area contributed by atoms with E-state index < -0.39 is 0 Å². The quantitative estimate of drug-likeness (QED) is 0.735. The van der Waals surface area contributed by atoms with Crippen LogP contribution in [0, 0.1) is 6.92 Å². The topological polar surface area (TPSA) is 46.9 Å². The van der Waals surface area contributed by atoms with Gasteiger partial charge in [0.2, 0.25) is 0 Å². The van der Waals surface area contributed by atoms with Crippen molar-refractivity contribution in [2.75, 3.05) is 6.54 Å². The summed E-state index contributed by atoms with van der Waals surface area (Å²) in [4.78, 5) is 15.2. The summed E-state index contributed by atoms with van der Waals surface area (Å²) in [6.45, 7) is 3.76. The molecule has 1 aliphatic heterocycles. The molecule has 1 atom stereocenters. The number of aromatic nitrogens is 2. The fraction of sp³-hybridized carbons (Fsp3) is 0.600. The Morgan fingerprint density at radius 2 is 2.57 bits per heavy atom. The van der Waals surface area contributed by atoms with E-state index >= 15 is 0 Å². The third kappa shape index (κ3) is 2.01. The molecule has 1 N–H and O–H groups in total. The van der Waals surface area contributed by atoms with Crippen LogP contribution < -0.4 is 11.0 Å². The lowest BCUT2D eigenvalue weighted by Crippen LogP contribution is -2.33. The zero-order valence-electron chi connectivity index (χ0n) is 8.36. The average molecular weight is 193 g/mol. The van der Waals surface area contributed by atoms with Crippen molar-refractivity contribution in [3.8, 4) is 0 Å². The number of nitrogens with one attached hydrogen (secondary N) is 1. The Morgan fingerprint density at radius 3 is 3.29 bits per heavy atom. The maximum Gasteiger partial charge on any atom is 0.347 e. The SMILES string of the molecule is Cc1cnc(=O)n(C[C@@H]2CCCN2)c1. The summed E-state index contributed by atoms with van der Waals surface area (Å²) >= 11 is 0. The van der Waals surface area contributed by atoms with Crippen LogP contribution in [0.25, 0.3) is 0 Å². The van der Waals surface area contributed by atoms with Crippen LogP contribution in [0.1, 0.15) is 18.4 Å². The van der Waals surface area contributed by atoms with Gasteiger partial charge in [0.25, 0.3) is 0 Å². The molecule has 0 saturated carbocycles. The van der Waals surface area contributed by atoms with Gasteiger partial charge in [-0.3, -0.25) is 4.57 Å². The van der Waals surface area contributed by atoms with Crippen LogP contribution in [0.3, 0.4) is 0 Å². The third-order valence-electron chi connectivity index (χ3n) is 2.56. The van der Waals surface area contributed by atoms with Gasteiger partial charge in [-0.15, -0.1) is 0 Å². The summed E-state index contributed by atoms with van der Waals surface area (Å²) in [5, 5.41) is 3.36. The fourth-order valence-corrected chi connectivity index (χ4v) is 1.85. The molecule has 1 fully saturated rings. The molecule has 0 bridgehead atoms. The number of nitrogens with zero attached hydrogens (tertiary/aromatic N) is 2. The van der Waals surface area contributed by atoms with Crippen LogP contribution in [0.5, 0.6) is 0 Å². The largest absolute Gasteiger partial charge is 0.347 e. The summed E-state index contributed by atoms with van der Waals surface area (Å²) in [6, 6.07) is 0.441. The molecule has 1 saturated heterocycles. The van der Waals surface area contributed by atoms with E-state index in [0.29, 0.717) is 6.04 Å². The van der Waals surface area contributed by atoms with Crippen molar-refractivity contribution in [1.82, 2.24) is 14.9 Å². The van der Waals surface area contributed by atoms with Gasteiger partial charge in [0.15, 0.2) is 0 Å². The molecule has 14 heavy (non-hydrogen) atoms. The van der Waals surface area contributed by atoms with E-state index in [4.69, 9.17) is 0 Å². The summed E-state index contributed by atoms with van der Waals surface area (Å²) < 4.78 is 1.69. The van der Waals surface area contributed by atoms with Gasteiger partial charge >= 0.3 is 5.69 Å². The van der Waals surface area contributed by atoms with Crippen LogP contribution in [-0.2, 0) is 6.54 Å². The molecule has 0 unspecified atom stereocenters. The van der Waals surface area contributed by atoms with Crippen LogP contribution >= 0.6 is 0 Å². The zero-order chi connectivity index (χ0) is 9.97. The molecule has 2 heterocycles. The Kier molecular flexibility index (Phi) is 2.63. The Hall–Kier alpha value is -1.16. The van der Waals surface area contributed by atoms with Crippen LogP contribution in [0.2, 0.25) is 0 Å². The standard InChI is InChI=1S/C10H15N3O/c1-8-5-12-10(14)13(6-8)7-9-3-2-4-11-9/h5-6,9,11H,2-4,7H2,1H3/t9-/m0/s1. The summed E-state index contributed by atoms with van der Waals surface area (Å²) in [7, 11) is 0. The number of aryl methyl sites for hydroxylation is 1. The van der Waals surface area contributed by atoms with Gasteiger partial charge in [0.05, 0.1) is 0 Å². The monoisotopic (exact) mass is 193 g/mol. The first kappa shape index (κ1) is 9.40. The highest BCUT2D eigenvalue weighted by Crippen LogP contribution is 2.06. The fourth-order valence-electron chi connectivity index (χ4n) is 1.85. The smallest absolute Gasteiger partial charge is 0.312 e. The minimum Gasteiger partial charge on any atom is -0.312 e. The second-order valence-corrected chi connectivity index (χ2v) is 3.86. The highest BCUT2D eigenvalue weighted by Gasteiger charge is 2.14. The van der Waals surface area contributed by atoms with Gasteiger partial charge in [-0.2, -0.15) is 0 Å². The molecule has 1 aromatic rings. The molecule has 0 aliphatic carbocycles. The predicted molar refractivity (Wildman–Crippen MR) is 54.3 cm³/mol. The number of rotatable bonds is 2. The first-order chi connectivity index (χ1) is 6.75. The Morgan fingerprint density at radius 1 is 1.71 bits per heavy atom. The highest BCUT2D eigenvalue weighted by atomic mass is 16.1. The van der Waals surface area contributed by atoms with Crippen molar-refractivity contribution in [2.24, 2.45) is 0 Å². The van der Waals surface area contributed by atoms with Gasteiger partial charge < -0.3 is 5.32 Å². The average Bonchev–Trinajstić information content (AvgIpc) is 2.64. The second-order valence-electron chi connectivity index (χ2n) is 3.86. The van der Waals surface area contributed by atoms with Gasteiger partial charge in [-0.25, -0.2) is 9.78 Å². The summed E-state index contributed by atoms with van der Waals surface area (Å²) in [5.74, 6) is 0. The molecule has 0 radical (unpaired) electrons. The van der Waals surface area contributed by atoms with E-state index in [2.05, 4.69) is 10.3 Å². The van der Waals surface area contributed by atoms with Gasteiger partial charge in [0, 0.05) is 25.0 Å². The normalized spacial score (nSPS) is 21.4. The molecule has 0 spiro atoms. The van der Waals surface area contributed by atoms with Crippen molar-refractivity contribution in [3.63, 3.8) is 0 Å². The molecular formula is C10H15N3O. The zero-order valence-corrected chi connectivity index (χ0v) is 8.36. The lowest BCUT2D eigenvalue weighted by molar-refractivity contribution is 0.492. The first-order valence-corrected chi connectivity index (χ1v) is 5.02.